The van der Waals surface area contributed by atoms with Gasteiger partial charge in [0.2, 0.25) is 0 Å². The van der Waals surface area contributed by atoms with E-state index in [9.17, 15) is 9.59 Å². The van der Waals surface area contributed by atoms with Crippen molar-refractivity contribution in [1.82, 2.24) is 19.6 Å². The summed E-state index contributed by atoms with van der Waals surface area (Å²) in [5.41, 5.74) is 0. The molecule has 0 spiro atoms. The first-order valence-corrected chi connectivity index (χ1v) is 10.4. The Morgan fingerprint density at radius 1 is 1.23 bits per heavy atom. The lowest BCUT2D eigenvalue weighted by Gasteiger charge is -2.34. The van der Waals surface area contributed by atoms with Crippen molar-refractivity contribution in [3.63, 3.8) is 0 Å². The van der Waals surface area contributed by atoms with E-state index in [0.29, 0.717) is 5.11 Å². The minimum Gasteiger partial charge on any atom is -0.337 e. The average Bonchev–Trinajstić information content (AvgIpc) is 3.25. The zero-order valence-electron chi connectivity index (χ0n) is 15.4. The molecular formula is C18H26N4O2S2. The molecule has 0 aliphatic carbocycles. The van der Waals surface area contributed by atoms with Crippen LogP contribution in [0.15, 0.2) is 17.5 Å². The molecule has 1 aromatic heterocycles. The van der Waals surface area contributed by atoms with E-state index in [4.69, 9.17) is 12.2 Å². The van der Waals surface area contributed by atoms with E-state index in [-0.39, 0.29) is 17.9 Å². The third kappa shape index (κ3) is 4.07. The van der Waals surface area contributed by atoms with Crippen LogP contribution in [0, 0.1) is 0 Å². The van der Waals surface area contributed by atoms with E-state index in [2.05, 4.69) is 4.90 Å². The third-order valence-electron chi connectivity index (χ3n) is 5.20. The lowest BCUT2D eigenvalue weighted by Crippen LogP contribution is -2.48. The van der Waals surface area contributed by atoms with Crippen LogP contribution in [0.4, 0.5) is 0 Å². The van der Waals surface area contributed by atoms with Gasteiger partial charge in [0.05, 0.1) is 4.88 Å². The second-order valence-corrected chi connectivity index (χ2v) is 8.18. The number of unbranched alkanes of at least 4 members (excludes halogenated alkanes) is 1. The summed E-state index contributed by atoms with van der Waals surface area (Å²) in [6.45, 7) is 7.22. The molecule has 0 bridgehead atoms. The number of thiophene rings is 1. The summed E-state index contributed by atoms with van der Waals surface area (Å²) in [4.78, 5) is 33.1. The number of carbonyl (C=O) groups excluding carboxylic acids is 2. The molecule has 3 heterocycles. The Labute approximate surface area is 164 Å². The van der Waals surface area contributed by atoms with Crippen molar-refractivity contribution in [2.45, 2.75) is 25.8 Å². The molecule has 26 heavy (non-hydrogen) atoms. The molecule has 2 saturated heterocycles. The summed E-state index contributed by atoms with van der Waals surface area (Å²) in [5, 5.41) is 2.59. The number of hydrogen-bond acceptors (Lipinski definition) is 5. The van der Waals surface area contributed by atoms with Gasteiger partial charge in [-0.15, -0.1) is 11.3 Å². The van der Waals surface area contributed by atoms with Gasteiger partial charge >= 0.3 is 0 Å². The highest BCUT2D eigenvalue weighted by Gasteiger charge is 2.36. The highest BCUT2D eigenvalue weighted by molar-refractivity contribution is 7.80. The molecule has 142 valence electrons. The second-order valence-electron chi connectivity index (χ2n) is 6.87. The maximum Gasteiger partial charge on any atom is 0.264 e. The minimum atomic E-state index is -0.140. The number of likely N-dealkylation sites (N-methyl/N-ethyl adjacent to an activating group) is 1. The Morgan fingerprint density at radius 2 is 1.92 bits per heavy atom. The quantitative estimate of drug-likeness (QED) is 0.543. The fourth-order valence-corrected chi connectivity index (χ4v) is 4.53. The molecule has 1 atom stereocenters. The number of piperazine rings is 1. The zero-order chi connectivity index (χ0) is 18.7. The maximum atomic E-state index is 12.4. The van der Waals surface area contributed by atoms with Gasteiger partial charge in [-0.3, -0.25) is 19.4 Å². The Bertz CT molecular complexity index is 656. The van der Waals surface area contributed by atoms with Gasteiger partial charge in [-0.05, 0) is 50.0 Å². The van der Waals surface area contributed by atoms with Crippen LogP contribution in [0.5, 0.6) is 0 Å². The number of amides is 2. The van der Waals surface area contributed by atoms with Gasteiger partial charge < -0.3 is 9.80 Å². The van der Waals surface area contributed by atoms with Gasteiger partial charge in [-0.25, -0.2) is 0 Å². The van der Waals surface area contributed by atoms with Crippen molar-refractivity contribution in [3.8, 4) is 0 Å². The van der Waals surface area contributed by atoms with Gasteiger partial charge in [-0.1, -0.05) is 6.07 Å². The van der Waals surface area contributed by atoms with Crippen molar-refractivity contribution < 1.29 is 9.59 Å². The standard InChI is InChI=1S/C18H26N4O2S2/c1-14-16(23)19(2)18(25)22(14)8-4-3-7-20-9-11-21(12-10-20)17(24)15-6-5-13-26-15/h5-6,13-14H,3-4,7-12H2,1-2H3. The van der Waals surface area contributed by atoms with Crippen molar-refractivity contribution in [1.29, 1.82) is 0 Å². The fraction of sp³-hybridized carbons (Fsp3) is 0.611. The summed E-state index contributed by atoms with van der Waals surface area (Å²) >= 11 is 6.85. The van der Waals surface area contributed by atoms with Gasteiger partial charge in [0.1, 0.15) is 6.04 Å². The van der Waals surface area contributed by atoms with Crippen LogP contribution in [0.3, 0.4) is 0 Å². The fourth-order valence-electron chi connectivity index (χ4n) is 3.50. The predicted octanol–water partition coefficient (Wildman–Crippen LogP) is 1.73. The largest absolute Gasteiger partial charge is 0.337 e. The van der Waals surface area contributed by atoms with Crippen LogP contribution in [-0.2, 0) is 4.79 Å². The predicted molar refractivity (Wildman–Crippen MR) is 107 cm³/mol. The van der Waals surface area contributed by atoms with E-state index in [1.54, 1.807) is 11.9 Å². The molecule has 0 radical (unpaired) electrons. The van der Waals surface area contributed by atoms with Crippen LogP contribution in [-0.4, -0.2) is 88.9 Å². The monoisotopic (exact) mass is 394 g/mol. The third-order valence-corrected chi connectivity index (χ3v) is 6.57. The summed E-state index contributed by atoms with van der Waals surface area (Å²) < 4.78 is 0. The first-order chi connectivity index (χ1) is 12.5. The minimum absolute atomic E-state index is 0.0847. The molecule has 3 rings (SSSR count). The normalized spacial score (nSPS) is 21.8. The first kappa shape index (κ1) is 19.3. The van der Waals surface area contributed by atoms with Gasteiger partial charge in [0.15, 0.2) is 5.11 Å². The first-order valence-electron chi connectivity index (χ1n) is 9.12. The number of carbonyl (C=O) groups is 2. The van der Waals surface area contributed by atoms with E-state index in [1.165, 1.54) is 11.3 Å². The summed E-state index contributed by atoms with van der Waals surface area (Å²) in [6, 6.07) is 3.68. The van der Waals surface area contributed by atoms with Crippen LogP contribution < -0.4 is 0 Å². The van der Waals surface area contributed by atoms with Gasteiger partial charge in [-0.2, -0.15) is 0 Å². The lowest BCUT2D eigenvalue weighted by atomic mass is 10.2. The summed E-state index contributed by atoms with van der Waals surface area (Å²) in [6.07, 6.45) is 2.09. The Kier molecular flexibility index (Phi) is 6.26. The highest BCUT2D eigenvalue weighted by Crippen LogP contribution is 2.17. The molecule has 8 heteroatoms. The van der Waals surface area contributed by atoms with Crippen LogP contribution in [0.1, 0.15) is 29.4 Å². The van der Waals surface area contributed by atoms with E-state index in [0.717, 1.165) is 57.0 Å². The Hall–Kier alpha value is -1.51. The summed E-state index contributed by atoms with van der Waals surface area (Å²) in [5.74, 6) is 0.242. The molecule has 1 aromatic rings. The molecule has 0 N–H and O–H groups in total. The van der Waals surface area contributed by atoms with Crippen LogP contribution >= 0.6 is 23.6 Å². The lowest BCUT2D eigenvalue weighted by molar-refractivity contribution is -0.126. The zero-order valence-corrected chi connectivity index (χ0v) is 17.0. The number of thiocarbonyl (C=S) groups is 1. The molecular weight excluding hydrogens is 368 g/mol. The molecule has 2 fully saturated rings. The Morgan fingerprint density at radius 3 is 2.50 bits per heavy atom. The van der Waals surface area contributed by atoms with Crippen molar-refractivity contribution in [2.75, 3.05) is 46.3 Å². The highest BCUT2D eigenvalue weighted by atomic mass is 32.1. The Balaban J connectivity index is 1.35. The number of hydrogen-bond donors (Lipinski definition) is 0. The van der Waals surface area contributed by atoms with Crippen molar-refractivity contribution in [3.05, 3.63) is 22.4 Å². The van der Waals surface area contributed by atoms with Crippen LogP contribution in [0.2, 0.25) is 0 Å². The molecule has 2 amide bonds. The van der Waals surface area contributed by atoms with E-state index >= 15 is 0 Å². The van der Waals surface area contributed by atoms with Crippen molar-refractivity contribution >= 4 is 40.5 Å². The van der Waals surface area contributed by atoms with Crippen LogP contribution in [0.25, 0.3) is 0 Å². The number of rotatable bonds is 6. The molecule has 6 nitrogen and oxygen atoms in total. The van der Waals surface area contributed by atoms with Gasteiger partial charge in [0, 0.05) is 39.8 Å². The van der Waals surface area contributed by atoms with Crippen molar-refractivity contribution in [2.24, 2.45) is 0 Å². The SMILES string of the molecule is CC1C(=O)N(C)C(=S)N1CCCCN1CCN(C(=O)c2cccs2)CC1. The van der Waals surface area contributed by atoms with E-state index in [1.807, 2.05) is 34.2 Å². The topological polar surface area (TPSA) is 47.1 Å². The smallest absolute Gasteiger partial charge is 0.264 e. The molecule has 2 aliphatic heterocycles. The molecule has 1 unspecified atom stereocenters. The molecule has 0 aromatic carbocycles. The molecule has 0 saturated carbocycles. The average molecular weight is 395 g/mol. The van der Waals surface area contributed by atoms with Gasteiger partial charge in [0.25, 0.3) is 11.8 Å². The maximum absolute atomic E-state index is 12.4. The molecule has 2 aliphatic rings. The second kappa shape index (κ2) is 8.45. The van der Waals surface area contributed by atoms with E-state index < -0.39 is 0 Å². The number of nitrogens with zero attached hydrogens (tertiary/aromatic N) is 4. The summed E-state index contributed by atoms with van der Waals surface area (Å²) in [7, 11) is 1.75.